The topological polar surface area (TPSA) is 85.0 Å². The number of nitrogens with one attached hydrogen (secondary N) is 2. The van der Waals surface area contributed by atoms with Crippen molar-refractivity contribution in [3.8, 4) is 0 Å². The third-order valence-electron chi connectivity index (χ3n) is 3.17. The van der Waals surface area contributed by atoms with E-state index in [1.807, 2.05) is 10.8 Å². The molecular formula is C14H21N5O2. The molecule has 1 atom stereocenters. The van der Waals surface area contributed by atoms with Crippen LogP contribution in [0.15, 0.2) is 29.3 Å². The number of hydrogen-bond acceptors (Lipinski definition) is 4. The molecule has 0 aliphatic carbocycles. The Morgan fingerprint density at radius 1 is 1.48 bits per heavy atom. The zero-order chi connectivity index (χ0) is 15.5. The Hall–Kier alpha value is -2.31. The van der Waals surface area contributed by atoms with Crippen molar-refractivity contribution in [1.29, 1.82) is 0 Å². The molecule has 0 bridgehead atoms. The van der Waals surface area contributed by atoms with E-state index < -0.39 is 0 Å². The number of imidazole rings is 1. The number of amides is 2. The molecule has 2 aromatic rings. The van der Waals surface area contributed by atoms with Gasteiger partial charge in [-0.1, -0.05) is 25.9 Å². The number of rotatable bonds is 4. The number of urea groups is 1. The van der Waals surface area contributed by atoms with Gasteiger partial charge in [-0.15, -0.1) is 0 Å². The van der Waals surface area contributed by atoms with Crippen LogP contribution in [-0.2, 0) is 6.54 Å². The van der Waals surface area contributed by atoms with E-state index in [1.54, 1.807) is 25.5 Å². The minimum absolute atomic E-state index is 0.0558. The summed E-state index contributed by atoms with van der Waals surface area (Å²) in [5.41, 5.74) is -0.0959. The fourth-order valence-corrected chi connectivity index (χ4v) is 1.88. The number of hydrogen-bond donors (Lipinski definition) is 2. The van der Waals surface area contributed by atoms with Crippen LogP contribution in [0.2, 0.25) is 0 Å². The van der Waals surface area contributed by atoms with E-state index in [0.717, 1.165) is 0 Å². The van der Waals surface area contributed by atoms with E-state index >= 15 is 0 Å². The highest BCUT2D eigenvalue weighted by molar-refractivity contribution is 5.88. The standard InChI is InChI=1S/C14H21N5O2/c1-10-7-12(18-21-10)17-13(20)16-11(14(2,3)4)8-19-6-5-15-9-19/h5-7,9,11H,8H2,1-4H3,(H2,16,17,18,20). The molecule has 0 saturated heterocycles. The van der Waals surface area contributed by atoms with Gasteiger partial charge in [-0.05, 0) is 12.3 Å². The molecule has 0 aromatic carbocycles. The first kappa shape index (κ1) is 15.1. The van der Waals surface area contributed by atoms with Crippen LogP contribution in [0.1, 0.15) is 26.5 Å². The highest BCUT2D eigenvalue weighted by Gasteiger charge is 2.26. The number of aromatic nitrogens is 3. The zero-order valence-electron chi connectivity index (χ0n) is 12.8. The molecule has 1 unspecified atom stereocenters. The summed E-state index contributed by atoms with van der Waals surface area (Å²) < 4.78 is 6.86. The lowest BCUT2D eigenvalue weighted by molar-refractivity contribution is 0.218. The van der Waals surface area contributed by atoms with Crippen molar-refractivity contribution in [2.75, 3.05) is 5.32 Å². The van der Waals surface area contributed by atoms with Gasteiger partial charge in [-0.2, -0.15) is 0 Å². The van der Waals surface area contributed by atoms with Crippen LogP contribution in [0.3, 0.4) is 0 Å². The Bertz CT molecular complexity index is 583. The molecule has 2 aromatic heterocycles. The Balaban J connectivity index is 1.99. The first-order valence-electron chi connectivity index (χ1n) is 6.81. The maximum absolute atomic E-state index is 12.1. The summed E-state index contributed by atoms with van der Waals surface area (Å²) in [4.78, 5) is 16.1. The predicted octanol–water partition coefficient (Wildman–Crippen LogP) is 2.42. The lowest BCUT2D eigenvalue weighted by Gasteiger charge is -2.31. The van der Waals surface area contributed by atoms with E-state index in [-0.39, 0.29) is 17.5 Å². The monoisotopic (exact) mass is 291 g/mol. The summed E-state index contributed by atoms with van der Waals surface area (Å²) >= 11 is 0. The van der Waals surface area contributed by atoms with E-state index in [0.29, 0.717) is 18.1 Å². The van der Waals surface area contributed by atoms with Gasteiger partial charge in [0.1, 0.15) is 5.76 Å². The summed E-state index contributed by atoms with van der Waals surface area (Å²) in [7, 11) is 0. The minimum Gasteiger partial charge on any atom is -0.360 e. The smallest absolute Gasteiger partial charge is 0.320 e. The third-order valence-corrected chi connectivity index (χ3v) is 3.17. The lowest BCUT2D eigenvalue weighted by Crippen LogP contribution is -2.47. The summed E-state index contributed by atoms with van der Waals surface area (Å²) in [5.74, 6) is 1.05. The zero-order valence-corrected chi connectivity index (χ0v) is 12.8. The molecule has 0 fully saturated rings. The van der Waals surface area contributed by atoms with Gasteiger partial charge in [-0.25, -0.2) is 9.78 Å². The molecule has 0 aliphatic rings. The van der Waals surface area contributed by atoms with E-state index in [2.05, 4.69) is 41.5 Å². The highest BCUT2D eigenvalue weighted by Crippen LogP contribution is 2.21. The molecule has 2 rings (SSSR count). The maximum Gasteiger partial charge on any atom is 0.320 e. The molecule has 2 N–H and O–H groups in total. The second-order valence-corrected chi connectivity index (χ2v) is 6.10. The number of carbonyl (C=O) groups is 1. The normalized spacial score (nSPS) is 13.0. The third kappa shape index (κ3) is 4.34. The van der Waals surface area contributed by atoms with Crippen molar-refractivity contribution in [1.82, 2.24) is 20.0 Å². The van der Waals surface area contributed by atoms with E-state index in [1.165, 1.54) is 0 Å². The van der Waals surface area contributed by atoms with Gasteiger partial charge in [-0.3, -0.25) is 5.32 Å². The van der Waals surface area contributed by atoms with Gasteiger partial charge in [0.2, 0.25) is 0 Å². The Labute approximate surface area is 123 Å². The van der Waals surface area contributed by atoms with Gasteiger partial charge in [0.25, 0.3) is 0 Å². The largest absolute Gasteiger partial charge is 0.360 e. The summed E-state index contributed by atoms with van der Waals surface area (Å²) in [6, 6.07) is 1.31. The van der Waals surface area contributed by atoms with Crippen molar-refractivity contribution in [2.45, 2.75) is 40.3 Å². The van der Waals surface area contributed by atoms with Crippen molar-refractivity contribution in [3.63, 3.8) is 0 Å². The molecule has 2 heterocycles. The van der Waals surface area contributed by atoms with Gasteiger partial charge < -0.3 is 14.4 Å². The maximum atomic E-state index is 12.1. The van der Waals surface area contributed by atoms with Gasteiger partial charge >= 0.3 is 6.03 Å². The fraction of sp³-hybridized carbons (Fsp3) is 0.500. The van der Waals surface area contributed by atoms with Gasteiger partial charge in [0.05, 0.1) is 12.4 Å². The second kappa shape index (κ2) is 5.99. The molecule has 7 nitrogen and oxygen atoms in total. The van der Waals surface area contributed by atoms with Crippen LogP contribution in [0.4, 0.5) is 10.6 Å². The molecule has 2 amide bonds. The Morgan fingerprint density at radius 3 is 2.76 bits per heavy atom. The molecule has 114 valence electrons. The molecule has 0 radical (unpaired) electrons. The van der Waals surface area contributed by atoms with E-state index in [4.69, 9.17) is 4.52 Å². The van der Waals surface area contributed by atoms with Crippen LogP contribution in [-0.4, -0.2) is 26.8 Å². The minimum atomic E-state index is -0.302. The first-order chi connectivity index (χ1) is 9.84. The van der Waals surface area contributed by atoms with Crippen LogP contribution >= 0.6 is 0 Å². The average Bonchev–Trinajstić information content (AvgIpc) is 2.99. The van der Waals surface area contributed by atoms with E-state index in [9.17, 15) is 4.79 Å². The summed E-state index contributed by atoms with van der Waals surface area (Å²) in [5, 5.41) is 9.38. The molecule has 0 aliphatic heterocycles. The van der Waals surface area contributed by atoms with Crippen LogP contribution in [0.5, 0.6) is 0 Å². The van der Waals surface area contributed by atoms with Crippen LogP contribution in [0.25, 0.3) is 0 Å². The number of nitrogens with zero attached hydrogens (tertiary/aromatic N) is 3. The summed E-state index contributed by atoms with van der Waals surface area (Å²) in [6.07, 6.45) is 5.33. The van der Waals surface area contributed by atoms with Gasteiger partial charge in [0.15, 0.2) is 5.82 Å². The summed E-state index contributed by atoms with van der Waals surface area (Å²) in [6.45, 7) is 8.65. The molecule has 21 heavy (non-hydrogen) atoms. The molecule has 7 heteroatoms. The Morgan fingerprint density at radius 2 is 2.24 bits per heavy atom. The lowest BCUT2D eigenvalue weighted by atomic mass is 9.86. The first-order valence-corrected chi connectivity index (χ1v) is 6.81. The highest BCUT2D eigenvalue weighted by atomic mass is 16.5. The van der Waals surface area contributed by atoms with Crippen molar-refractivity contribution in [3.05, 3.63) is 30.5 Å². The van der Waals surface area contributed by atoms with Crippen molar-refractivity contribution >= 4 is 11.8 Å². The molecular weight excluding hydrogens is 270 g/mol. The van der Waals surface area contributed by atoms with Crippen molar-refractivity contribution < 1.29 is 9.32 Å². The van der Waals surface area contributed by atoms with Crippen molar-refractivity contribution in [2.24, 2.45) is 5.41 Å². The molecule has 0 saturated carbocycles. The van der Waals surface area contributed by atoms with Crippen LogP contribution < -0.4 is 10.6 Å². The Kier molecular flexibility index (Phi) is 4.30. The molecule has 0 spiro atoms. The predicted molar refractivity (Wildman–Crippen MR) is 78.9 cm³/mol. The quantitative estimate of drug-likeness (QED) is 0.906. The number of anilines is 1. The van der Waals surface area contributed by atoms with Crippen LogP contribution in [0, 0.1) is 12.3 Å². The number of carbonyl (C=O) groups excluding carboxylic acids is 1. The SMILES string of the molecule is Cc1cc(NC(=O)NC(Cn2ccnc2)C(C)(C)C)no1. The van der Waals surface area contributed by atoms with Gasteiger partial charge in [0, 0.05) is 25.0 Å². The average molecular weight is 291 g/mol. The fourth-order valence-electron chi connectivity index (χ4n) is 1.88. The second-order valence-electron chi connectivity index (χ2n) is 6.10. The number of aryl methyl sites for hydroxylation is 1.